The lowest BCUT2D eigenvalue weighted by atomic mass is 9.87. The molecule has 1 aromatic heterocycles. The Labute approximate surface area is 136 Å². The van der Waals surface area contributed by atoms with Gasteiger partial charge in [-0.25, -0.2) is 4.98 Å². The fraction of sp³-hybridized carbons (Fsp3) is 0.444. The van der Waals surface area contributed by atoms with Gasteiger partial charge in [0.25, 0.3) is 0 Å². The van der Waals surface area contributed by atoms with Crippen molar-refractivity contribution in [3.8, 4) is 0 Å². The Morgan fingerprint density at radius 1 is 1.27 bits per heavy atom. The Morgan fingerprint density at radius 3 is 2.59 bits per heavy atom. The zero-order valence-corrected chi connectivity index (χ0v) is 14.2. The molecule has 4 heteroatoms. The monoisotopic (exact) mass is 317 g/mol. The molecule has 2 aromatic rings. The third-order valence-corrected chi connectivity index (χ3v) is 5.42. The lowest BCUT2D eigenvalue weighted by Gasteiger charge is -2.21. The molecule has 0 unspecified atom stereocenters. The molecule has 22 heavy (non-hydrogen) atoms. The molecule has 3 nitrogen and oxygen atoms in total. The van der Waals surface area contributed by atoms with Crippen LogP contribution in [0.4, 0.5) is 0 Å². The van der Waals surface area contributed by atoms with E-state index in [4.69, 9.17) is 5.11 Å². The van der Waals surface area contributed by atoms with E-state index < -0.39 is 5.97 Å². The van der Waals surface area contributed by atoms with Gasteiger partial charge in [0.1, 0.15) is 0 Å². The number of carboxylic acids is 1. The van der Waals surface area contributed by atoms with E-state index in [1.165, 1.54) is 5.56 Å². The van der Waals surface area contributed by atoms with Gasteiger partial charge < -0.3 is 5.11 Å². The molecular weight excluding hydrogens is 294 g/mol. The normalized spacial score (nSPS) is 11.6. The Hall–Kier alpha value is -1.68. The molecule has 0 saturated carbocycles. The summed E-state index contributed by atoms with van der Waals surface area (Å²) in [6.45, 7) is 6.29. The summed E-state index contributed by atoms with van der Waals surface area (Å²) in [7, 11) is 0. The second-order valence-corrected chi connectivity index (χ2v) is 7.40. The van der Waals surface area contributed by atoms with Gasteiger partial charge >= 0.3 is 5.97 Å². The predicted octanol–water partition coefficient (Wildman–Crippen LogP) is 4.38. The third-order valence-electron chi connectivity index (χ3n) is 3.89. The molecule has 2 rings (SSSR count). The van der Waals surface area contributed by atoms with Crippen molar-refractivity contribution < 1.29 is 9.90 Å². The molecular formula is C18H23NO2S. The molecule has 1 aromatic carbocycles. The van der Waals surface area contributed by atoms with Crippen LogP contribution in [0.5, 0.6) is 0 Å². The first-order valence-corrected chi connectivity index (χ1v) is 8.42. The summed E-state index contributed by atoms with van der Waals surface area (Å²) < 4.78 is 0. The lowest BCUT2D eigenvalue weighted by molar-refractivity contribution is -0.136. The predicted molar refractivity (Wildman–Crippen MR) is 90.6 cm³/mol. The van der Waals surface area contributed by atoms with Gasteiger partial charge in [-0.05, 0) is 31.7 Å². The molecule has 0 fully saturated rings. The lowest BCUT2D eigenvalue weighted by Crippen LogP contribution is -2.17. The first-order valence-electron chi connectivity index (χ1n) is 7.61. The molecule has 0 amide bonds. The number of thiazole rings is 1. The minimum atomic E-state index is -0.791. The van der Waals surface area contributed by atoms with Crippen LogP contribution < -0.4 is 0 Å². The van der Waals surface area contributed by atoms with Crippen molar-refractivity contribution in [1.82, 2.24) is 4.98 Å². The zero-order chi connectivity index (χ0) is 16.2. The van der Waals surface area contributed by atoms with Gasteiger partial charge in [-0.3, -0.25) is 4.79 Å². The number of rotatable bonds is 7. The average Bonchev–Trinajstić information content (AvgIpc) is 2.81. The molecule has 0 bridgehead atoms. The molecule has 0 radical (unpaired) electrons. The van der Waals surface area contributed by atoms with Gasteiger partial charge in [-0.1, -0.05) is 44.2 Å². The van der Waals surface area contributed by atoms with E-state index in [0.717, 1.165) is 34.8 Å². The summed E-state index contributed by atoms with van der Waals surface area (Å²) >= 11 is 1.55. The molecule has 1 heterocycles. The number of carboxylic acid groups (broad SMARTS) is 1. The standard InChI is InChI=1S/C18H23NO2S/c1-13-15(12-16(20)21)22-17(19-13)18(2,3)11-7-10-14-8-5-4-6-9-14/h4-6,8-9H,7,10-12H2,1-3H3,(H,20,21). The summed E-state index contributed by atoms with van der Waals surface area (Å²) in [5, 5.41) is 10.0. The highest BCUT2D eigenvalue weighted by Gasteiger charge is 2.25. The first-order chi connectivity index (χ1) is 10.4. The largest absolute Gasteiger partial charge is 0.481 e. The van der Waals surface area contributed by atoms with Crippen LogP contribution in [0.15, 0.2) is 30.3 Å². The van der Waals surface area contributed by atoms with E-state index >= 15 is 0 Å². The van der Waals surface area contributed by atoms with Gasteiger partial charge in [0.15, 0.2) is 0 Å². The van der Waals surface area contributed by atoms with Crippen molar-refractivity contribution in [3.63, 3.8) is 0 Å². The maximum atomic E-state index is 10.9. The van der Waals surface area contributed by atoms with E-state index in [-0.39, 0.29) is 11.8 Å². The summed E-state index contributed by atoms with van der Waals surface area (Å²) in [6.07, 6.45) is 3.28. The number of hydrogen-bond donors (Lipinski definition) is 1. The average molecular weight is 317 g/mol. The highest BCUT2D eigenvalue weighted by Crippen LogP contribution is 2.34. The zero-order valence-electron chi connectivity index (χ0n) is 13.4. The highest BCUT2D eigenvalue weighted by atomic mass is 32.1. The van der Waals surface area contributed by atoms with Crippen LogP contribution in [0.2, 0.25) is 0 Å². The number of nitrogens with zero attached hydrogens (tertiary/aromatic N) is 1. The van der Waals surface area contributed by atoms with Crippen molar-refractivity contribution in [1.29, 1.82) is 0 Å². The number of aromatic nitrogens is 1. The molecule has 0 atom stereocenters. The smallest absolute Gasteiger partial charge is 0.308 e. The van der Waals surface area contributed by atoms with Crippen molar-refractivity contribution in [2.24, 2.45) is 0 Å². The Bertz CT molecular complexity index is 632. The summed E-state index contributed by atoms with van der Waals surface area (Å²) in [5.41, 5.74) is 2.21. The topological polar surface area (TPSA) is 50.2 Å². The number of aliphatic carboxylic acids is 1. The minimum absolute atomic E-state index is 0.0129. The molecule has 0 aliphatic rings. The minimum Gasteiger partial charge on any atom is -0.481 e. The van der Waals surface area contributed by atoms with Gasteiger partial charge in [-0.2, -0.15) is 0 Å². The number of benzene rings is 1. The number of carbonyl (C=O) groups is 1. The van der Waals surface area contributed by atoms with Crippen molar-refractivity contribution in [2.45, 2.75) is 51.9 Å². The van der Waals surface area contributed by atoms with E-state index in [0.29, 0.717) is 0 Å². The van der Waals surface area contributed by atoms with E-state index in [1.807, 2.05) is 13.0 Å². The Balaban J connectivity index is 1.99. The maximum Gasteiger partial charge on any atom is 0.308 e. The first kappa shape index (κ1) is 16.7. The second kappa shape index (κ2) is 7.05. The highest BCUT2D eigenvalue weighted by molar-refractivity contribution is 7.12. The van der Waals surface area contributed by atoms with Crippen LogP contribution in [0.1, 0.15) is 47.8 Å². The second-order valence-electron chi connectivity index (χ2n) is 6.32. The van der Waals surface area contributed by atoms with E-state index in [1.54, 1.807) is 11.3 Å². The van der Waals surface area contributed by atoms with Crippen molar-refractivity contribution in [2.75, 3.05) is 0 Å². The fourth-order valence-electron chi connectivity index (χ4n) is 2.50. The number of aryl methyl sites for hydroxylation is 2. The van der Waals surface area contributed by atoms with Crippen LogP contribution in [-0.4, -0.2) is 16.1 Å². The summed E-state index contributed by atoms with van der Waals surface area (Å²) in [5.74, 6) is -0.791. The van der Waals surface area contributed by atoms with E-state index in [9.17, 15) is 4.79 Å². The van der Waals surface area contributed by atoms with Crippen molar-refractivity contribution in [3.05, 3.63) is 51.5 Å². The molecule has 0 spiro atoms. The van der Waals surface area contributed by atoms with Crippen molar-refractivity contribution >= 4 is 17.3 Å². The SMILES string of the molecule is Cc1nc(C(C)(C)CCCc2ccccc2)sc1CC(=O)O. The summed E-state index contributed by atoms with van der Waals surface area (Å²) in [4.78, 5) is 16.4. The fourth-order valence-corrected chi connectivity index (χ4v) is 3.69. The molecule has 1 N–H and O–H groups in total. The Morgan fingerprint density at radius 2 is 1.95 bits per heavy atom. The van der Waals surface area contributed by atoms with Gasteiger partial charge in [0.2, 0.25) is 0 Å². The quantitative estimate of drug-likeness (QED) is 0.824. The third kappa shape index (κ3) is 4.41. The van der Waals surface area contributed by atoms with Crippen LogP contribution in [-0.2, 0) is 23.1 Å². The van der Waals surface area contributed by atoms with Crippen LogP contribution in [0.3, 0.4) is 0 Å². The van der Waals surface area contributed by atoms with E-state index in [2.05, 4.69) is 43.1 Å². The Kier molecular flexibility index (Phi) is 5.35. The summed E-state index contributed by atoms with van der Waals surface area (Å²) in [6, 6.07) is 10.5. The van der Waals surface area contributed by atoms with Crippen LogP contribution >= 0.6 is 11.3 Å². The molecule has 118 valence electrons. The van der Waals surface area contributed by atoms with Crippen LogP contribution in [0, 0.1) is 6.92 Å². The van der Waals surface area contributed by atoms with Gasteiger partial charge in [0.05, 0.1) is 17.1 Å². The van der Waals surface area contributed by atoms with Gasteiger partial charge in [0, 0.05) is 10.3 Å². The molecule has 0 aliphatic carbocycles. The molecule has 0 saturated heterocycles. The van der Waals surface area contributed by atoms with Gasteiger partial charge in [-0.15, -0.1) is 11.3 Å². The molecule has 0 aliphatic heterocycles. The number of hydrogen-bond acceptors (Lipinski definition) is 3. The van der Waals surface area contributed by atoms with Crippen LogP contribution in [0.25, 0.3) is 0 Å². The maximum absolute atomic E-state index is 10.9.